The molecule has 10 heteroatoms. The number of rotatable bonds is 5. The summed E-state index contributed by atoms with van der Waals surface area (Å²) >= 11 is 0. The van der Waals surface area contributed by atoms with E-state index < -0.39 is 32.7 Å². The molecule has 1 fully saturated rings. The lowest BCUT2D eigenvalue weighted by atomic mass is 9.91. The van der Waals surface area contributed by atoms with Gasteiger partial charge in [0.1, 0.15) is 5.60 Å². The van der Waals surface area contributed by atoms with Crippen LogP contribution in [0.5, 0.6) is 0 Å². The third-order valence-electron chi connectivity index (χ3n) is 4.13. The van der Waals surface area contributed by atoms with E-state index in [1.165, 1.54) is 12.1 Å². The number of hydrogen-bond acceptors (Lipinski definition) is 6. The van der Waals surface area contributed by atoms with Gasteiger partial charge in [0.2, 0.25) is 10.0 Å². The first-order chi connectivity index (χ1) is 12.5. The Labute approximate surface area is 158 Å². The molecule has 1 aromatic rings. The summed E-state index contributed by atoms with van der Waals surface area (Å²) in [6.07, 6.45) is 2.32. The van der Waals surface area contributed by atoms with Gasteiger partial charge in [-0.2, -0.15) is 0 Å². The number of hydrogen-bond donors (Lipinski definition) is 2. The van der Waals surface area contributed by atoms with Gasteiger partial charge in [0, 0.05) is 24.2 Å². The van der Waals surface area contributed by atoms with Crippen LogP contribution in [0.3, 0.4) is 0 Å². The summed E-state index contributed by atoms with van der Waals surface area (Å²) < 4.78 is 33.1. The fourth-order valence-corrected chi connectivity index (χ4v) is 4.23. The molecule has 2 rings (SSSR count). The number of non-ortho nitro benzene ring substituents is 1. The predicted molar refractivity (Wildman–Crippen MR) is 98.8 cm³/mol. The Kier molecular flexibility index (Phi) is 6.42. The van der Waals surface area contributed by atoms with E-state index in [0.717, 1.165) is 25.0 Å². The molecule has 9 nitrogen and oxygen atoms in total. The second-order valence-electron chi connectivity index (χ2n) is 7.52. The highest BCUT2D eigenvalue weighted by atomic mass is 32.2. The maximum Gasteiger partial charge on any atom is 0.407 e. The highest BCUT2D eigenvalue weighted by Crippen LogP contribution is 2.22. The van der Waals surface area contributed by atoms with Crippen LogP contribution in [0.4, 0.5) is 10.5 Å². The second kappa shape index (κ2) is 8.22. The molecule has 0 spiro atoms. The van der Waals surface area contributed by atoms with E-state index in [9.17, 15) is 23.3 Å². The lowest BCUT2D eigenvalue weighted by Gasteiger charge is -2.33. The molecule has 0 saturated heterocycles. The van der Waals surface area contributed by atoms with E-state index in [1.807, 2.05) is 0 Å². The molecule has 0 radical (unpaired) electrons. The van der Waals surface area contributed by atoms with Gasteiger partial charge in [0.15, 0.2) is 0 Å². The molecule has 1 aliphatic carbocycles. The van der Waals surface area contributed by atoms with Crippen molar-refractivity contribution in [3.63, 3.8) is 0 Å². The average molecular weight is 399 g/mol. The third kappa shape index (κ3) is 6.17. The minimum Gasteiger partial charge on any atom is -0.444 e. The first-order valence-corrected chi connectivity index (χ1v) is 10.2. The molecule has 0 bridgehead atoms. The van der Waals surface area contributed by atoms with E-state index in [1.54, 1.807) is 20.8 Å². The second-order valence-corrected chi connectivity index (χ2v) is 9.23. The molecule has 1 saturated carbocycles. The van der Waals surface area contributed by atoms with Crippen LogP contribution < -0.4 is 10.0 Å². The Balaban J connectivity index is 2.09. The summed E-state index contributed by atoms with van der Waals surface area (Å²) in [5.74, 6) is 0. The number of nitrogens with one attached hydrogen (secondary N) is 2. The van der Waals surface area contributed by atoms with E-state index in [0.29, 0.717) is 12.8 Å². The van der Waals surface area contributed by atoms with Crippen LogP contribution in [0.1, 0.15) is 46.5 Å². The molecule has 2 atom stereocenters. The number of carbonyl (C=O) groups excluding carboxylic acids is 1. The van der Waals surface area contributed by atoms with Crippen molar-refractivity contribution < 1.29 is 22.9 Å². The average Bonchev–Trinajstić information content (AvgIpc) is 2.55. The zero-order chi connectivity index (χ0) is 20.2. The predicted octanol–water partition coefficient (Wildman–Crippen LogP) is 2.71. The van der Waals surface area contributed by atoms with Gasteiger partial charge >= 0.3 is 6.09 Å². The standard InChI is InChI=1S/C17H25N3O6S/c1-17(2,3)26-16(21)18-14-6-4-5-7-15(14)19-27(24,25)13-10-8-12(9-11-13)20(22)23/h8-11,14-15,19H,4-7H2,1-3H3,(H,18,21)/t14-,15-/m1/s1. The Morgan fingerprint density at radius 3 is 2.22 bits per heavy atom. The molecule has 2 N–H and O–H groups in total. The summed E-state index contributed by atoms with van der Waals surface area (Å²) in [5, 5.41) is 13.5. The van der Waals surface area contributed by atoms with Crippen LogP contribution in [0, 0.1) is 10.1 Å². The van der Waals surface area contributed by atoms with Gasteiger partial charge in [-0.1, -0.05) is 12.8 Å². The normalized spacial score (nSPS) is 20.7. The maximum atomic E-state index is 12.6. The van der Waals surface area contributed by atoms with Crippen molar-refractivity contribution >= 4 is 21.8 Å². The molecule has 1 amide bonds. The van der Waals surface area contributed by atoms with Crippen molar-refractivity contribution in [2.24, 2.45) is 0 Å². The number of carbonyl (C=O) groups is 1. The highest BCUT2D eigenvalue weighted by molar-refractivity contribution is 7.89. The summed E-state index contributed by atoms with van der Waals surface area (Å²) in [6.45, 7) is 5.26. The number of benzene rings is 1. The van der Waals surface area contributed by atoms with Gasteiger partial charge in [0.05, 0.1) is 9.82 Å². The van der Waals surface area contributed by atoms with Crippen molar-refractivity contribution in [1.82, 2.24) is 10.0 Å². The third-order valence-corrected chi connectivity index (χ3v) is 5.64. The summed E-state index contributed by atoms with van der Waals surface area (Å²) in [5.41, 5.74) is -0.831. The Hall–Kier alpha value is -2.20. The molecular formula is C17H25N3O6S. The molecule has 150 valence electrons. The van der Waals surface area contributed by atoms with Gasteiger partial charge in [-0.25, -0.2) is 17.9 Å². The number of nitro groups is 1. The smallest absolute Gasteiger partial charge is 0.407 e. The van der Waals surface area contributed by atoms with Crippen molar-refractivity contribution in [1.29, 1.82) is 0 Å². The SMILES string of the molecule is CC(C)(C)OC(=O)N[C@@H]1CCCC[C@H]1NS(=O)(=O)c1ccc([N+](=O)[O-])cc1. The summed E-state index contributed by atoms with van der Waals surface area (Å²) in [4.78, 5) is 22.1. The molecule has 27 heavy (non-hydrogen) atoms. The topological polar surface area (TPSA) is 128 Å². The number of nitro benzene ring substituents is 1. The zero-order valence-corrected chi connectivity index (χ0v) is 16.4. The molecule has 1 aromatic carbocycles. The molecular weight excluding hydrogens is 374 g/mol. The van der Waals surface area contributed by atoms with Crippen LogP contribution >= 0.6 is 0 Å². The first kappa shape index (κ1) is 21.1. The van der Waals surface area contributed by atoms with Crippen molar-refractivity contribution in [2.45, 2.75) is 69.0 Å². The minimum atomic E-state index is -3.87. The Morgan fingerprint density at radius 1 is 1.15 bits per heavy atom. The number of nitrogens with zero attached hydrogens (tertiary/aromatic N) is 1. The van der Waals surface area contributed by atoms with E-state index in [-0.39, 0.29) is 16.6 Å². The zero-order valence-electron chi connectivity index (χ0n) is 15.6. The van der Waals surface area contributed by atoms with Crippen molar-refractivity contribution in [3.05, 3.63) is 34.4 Å². The summed E-state index contributed by atoms with van der Waals surface area (Å²) in [7, 11) is -3.87. The number of alkyl carbamates (subject to hydrolysis) is 1. The van der Waals surface area contributed by atoms with Crippen LogP contribution in [-0.4, -0.2) is 37.1 Å². The highest BCUT2D eigenvalue weighted by Gasteiger charge is 2.32. The fourth-order valence-electron chi connectivity index (χ4n) is 2.92. The van der Waals surface area contributed by atoms with Gasteiger partial charge in [-0.05, 0) is 45.7 Å². The molecule has 0 heterocycles. The lowest BCUT2D eigenvalue weighted by molar-refractivity contribution is -0.384. The fraction of sp³-hybridized carbons (Fsp3) is 0.588. The van der Waals surface area contributed by atoms with Crippen LogP contribution in [0.2, 0.25) is 0 Å². The quantitative estimate of drug-likeness (QED) is 0.579. The van der Waals surface area contributed by atoms with E-state index >= 15 is 0 Å². The number of sulfonamides is 1. The van der Waals surface area contributed by atoms with E-state index in [4.69, 9.17) is 4.74 Å². The Bertz CT molecular complexity index is 786. The molecule has 1 aliphatic rings. The first-order valence-electron chi connectivity index (χ1n) is 8.74. The molecule has 0 aliphatic heterocycles. The van der Waals surface area contributed by atoms with Gasteiger partial charge in [-0.15, -0.1) is 0 Å². The minimum absolute atomic E-state index is 0.0605. The van der Waals surface area contributed by atoms with Gasteiger partial charge < -0.3 is 10.1 Å². The molecule has 0 aromatic heterocycles. The van der Waals surface area contributed by atoms with Crippen LogP contribution in [0.15, 0.2) is 29.2 Å². The van der Waals surface area contributed by atoms with Crippen molar-refractivity contribution in [3.8, 4) is 0 Å². The van der Waals surface area contributed by atoms with Crippen molar-refractivity contribution in [2.75, 3.05) is 0 Å². The number of ether oxygens (including phenoxy) is 1. The monoisotopic (exact) mass is 399 g/mol. The van der Waals surface area contributed by atoms with E-state index in [2.05, 4.69) is 10.0 Å². The van der Waals surface area contributed by atoms with Gasteiger partial charge in [0.25, 0.3) is 5.69 Å². The summed E-state index contributed by atoms with van der Waals surface area (Å²) in [6, 6.07) is 3.81. The lowest BCUT2D eigenvalue weighted by Crippen LogP contribution is -2.53. The number of amides is 1. The van der Waals surface area contributed by atoms with Crippen LogP contribution in [-0.2, 0) is 14.8 Å². The maximum absolute atomic E-state index is 12.6. The largest absolute Gasteiger partial charge is 0.444 e. The van der Waals surface area contributed by atoms with Gasteiger partial charge in [-0.3, -0.25) is 10.1 Å². The molecule has 0 unspecified atom stereocenters. The van der Waals surface area contributed by atoms with Crippen LogP contribution in [0.25, 0.3) is 0 Å². The Morgan fingerprint density at radius 2 is 1.70 bits per heavy atom.